The first kappa shape index (κ1) is 14.2. The number of anilines is 1. The highest BCUT2D eigenvalue weighted by Crippen LogP contribution is 2.20. The fourth-order valence-electron chi connectivity index (χ4n) is 2.00. The molecule has 2 heterocycles. The lowest BCUT2D eigenvalue weighted by molar-refractivity contribution is -0.137. The molecular formula is C13H19N5O2. The number of nitrogens with one attached hydrogen (secondary N) is 1. The summed E-state index contributed by atoms with van der Waals surface area (Å²) in [6.07, 6.45) is 3.37. The van der Waals surface area contributed by atoms with Gasteiger partial charge in [-0.1, -0.05) is 6.92 Å². The van der Waals surface area contributed by atoms with Crippen LogP contribution in [0.15, 0.2) is 12.7 Å². The fourth-order valence-corrected chi connectivity index (χ4v) is 2.00. The molecule has 2 rings (SSSR count). The van der Waals surface area contributed by atoms with Crippen LogP contribution in [0.4, 0.5) is 5.82 Å². The summed E-state index contributed by atoms with van der Waals surface area (Å²) in [5.41, 5.74) is 1.49. The van der Waals surface area contributed by atoms with Gasteiger partial charge in [-0.3, -0.25) is 4.79 Å². The molecule has 0 aliphatic carbocycles. The van der Waals surface area contributed by atoms with E-state index in [1.54, 1.807) is 6.33 Å². The van der Waals surface area contributed by atoms with E-state index in [4.69, 9.17) is 5.11 Å². The zero-order valence-electron chi connectivity index (χ0n) is 11.9. The average Bonchev–Trinajstić information content (AvgIpc) is 2.79. The standard InChI is InChI=1S/C13H19N5O2/c1-8(2)18-7-17-11-12(15-6-16-13(11)18)14-5-9(3)4-10(19)20/h6-9H,4-5H2,1-3H3,(H,19,20)(H,14,15,16). The Morgan fingerprint density at radius 1 is 1.35 bits per heavy atom. The number of hydrogen-bond donors (Lipinski definition) is 2. The summed E-state index contributed by atoms with van der Waals surface area (Å²) in [5, 5.41) is 11.9. The molecule has 0 aliphatic heterocycles. The Labute approximate surface area is 117 Å². The Morgan fingerprint density at radius 3 is 2.75 bits per heavy atom. The molecule has 0 fully saturated rings. The van der Waals surface area contributed by atoms with E-state index in [1.807, 2.05) is 11.5 Å². The molecule has 7 nitrogen and oxygen atoms in total. The Balaban J connectivity index is 2.17. The molecular weight excluding hydrogens is 258 g/mol. The van der Waals surface area contributed by atoms with Gasteiger partial charge in [0, 0.05) is 19.0 Å². The maximum Gasteiger partial charge on any atom is 0.303 e. The number of carbonyl (C=O) groups is 1. The van der Waals surface area contributed by atoms with Gasteiger partial charge in [0.15, 0.2) is 11.5 Å². The molecule has 0 amide bonds. The molecule has 2 aromatic heterocycles. The maximum atomic E-state index is 10.6. The second kappa shape index (κ2) is 5.85. The van der Waals surface area contributed by atoms with E-state index in [0.29, 0.717) is 17.9 Å². The van der Waals surface area contributed by atoms with Crippen LogP contribution in [0, 0.1) is 5.92 Å². The van der Waals surface area contributed by atoms with Crippen LogP contribution in [0.1, 0.15) is 33.2 Å². The van der Waals surface area contributed by atoms with Crippen molar-refractivity contribution >= 4 is 23.0 Å². The van der Waals surface area contributed by atoms with Crippen molar-refractivity contribution in [2.24, 2.45) is 5.92 Å². The molecule has 0 radical (unpaired) electrons. The predicted molar refractivity (Wildman–Crippen MR) is 75.6 cm³/mol. The van der Waals surface area contributed by atoms with Crippen LogP contribution in [0.3, 0.4) is 0 Å². The van der Waals surface area contributed by atoms with Gasteiger partial charge in [0.1, 0.15) is 11.8 Å². The van der Waals surface area contributed by atoms with Gasteiger partial charge in [-0.2, -0.15) is 0 Å². The Bertz CT molecular complexity index is 608. The number of aromatic nitrogens is 4. The van der Waals surface area contributed by atoms with Crippen molar-refractivity contribution in [2.45, 2.75) is 33.2 Å². The molecule has 2 N–H and O–H groups in total. The number of imidazole rings is 1. The second-order valence-electron chi connectivity index (χ2n) is 5.22. The Hall–Kier alpha value is -2.18. The number of carboxylic acid groups (broad SMARTS) is 1. The van der Waals surface area contributed by atoms with Gasteiger partial charge in [0.05, 0.1) is 6.33 Å². The summed E-state index contributed by atoms with van der Waals surface area (Å²) in [5.74, 6) is -0.132. The van der Waals surface area contributed by atoms with Gasteiger partial charge in [-0.15, -0.1) is 0 Å². The zero-order valence-corrected chi connectivity index (χ0v) is 11.9. The molecule has 0 saturated heterocycles. The number of hydrogen-bond acceptors (Lipinski definition) is 5. The minimum atomic E-state index is -0.795. The van der Waals surface area contributed by atoms with E-state index in [2.05, 4.69) is 34.1 Å². The maximum absolute atomic E-state index is 10.6. The van der Waals surface area contributed by atoms with E-state index in [-0.39, 0.29) is 18.4 Å². The third kappa shape index (κ3) is 3.04. The smallest absolute Gasteiger partial charge is 0.303 e. The lowest BCUT2D eigenvalue weighted by Crippen LogP contribution is -2.16. The van der Waals surface area contributed by atoms with Crippen molar-refractivity contribution in [1.29, 1.82) is 0 Å². The summed E-state index contributed by atoms with van der Waals surface area (Å²) in [7, 11) is 0. The predicted octanol–water partition coefficient (Wildman–Crippen LogP) is 1.93. The highest BCUT2D eigenvalue weighted by atomic mass is 16.4. The first-order valence-corrected chi connectivity index (χ1v) is 6.62. The molecule has 2 aromatic rings. The first-order valence-electron chi connectivity index (χ1n) is 6.62. The van der Waals surface area contributed by atoms with E-state index in [9.17, 15) is 4.79 Å². The Kier molecular flexibility index (Phi) is 4.16. The minimum Gasteiger partial charge on any atom is -0.481 e. The van der Waals surface area contributed by atoms with Gasteiger partial charge >= 0.3 is 5.97 Å². The monoisotopic (exact) mass is 277 g/mol. The van der Waals surface area contributed by atoms with Gasteiger partial charge in [-0.05, 0) is 19.8 Å². The SMILES string of the molecule is CC(CNc1ncnc2c1ncn2C(C)C)CC(=O)O. The number of carboxylic acids is 1. The lowest BCUT2D eigenvalue weighted by Gasteiger charge is -2.11. The topological polar surface area (TPSA) is 92.9 Å². The number of fused-ring (bicyclic) bond motifs is 1. The molecule has 7 heteroatoms. The van der Waals surface area contributed by atoms with Crippen molar-refractivity contribution in [1.82, 2.24) is 19.5 Å². The first-order chi connectivity index (χ1) is 9.49. The molecule has 0 saturated carbocycles. The normalized spacial score (nSPS) is 12.8. The molecule has 108 valence electrons. The van der Waals surface area contributed by atoms with Crippen LogP contribution in [-0.2, 0) is 4.79 Å². The average molecular weight is 277 g/mol. The number of rotatable bonds is 6. The second-order valence-corrected chi connectivity index (χ2v) is 5.22. The molecule has 20 heavy (non-hydrogen) atoms. The van der Waals surface area contributed by atoms with Gasteiger partial charge in [0.25, 0.3) is 0 Å². The third-order valence-corrected chi connectivity index (χ3v) is 3.06. The molecule has 1 unspecified atom stereocenters. The van der Waals surface area contributed by atoms with Crippen molar-refractivity contribution in [3.63, 3.8) is 0 Å². The summed E-state index contributed by atoms with van der Waals surface area (Å²) < 4.78 is 1.98. The summed E-state index contributed by atoms with van der Waals surface area (Å²) in [4.78, 5) is 23.4. The van der Waals surface area contributed by atoms with Crippen LogP contribution in [0.25, 0.3) is 11.2 Å². The van der Waals surface area contributed by atoms with Crippen LogP contribution >= 0.6 is 0 Å². The summed E-state index contributed by atoms with van der Waals surface area (Å²) in [6.45, 7) is 6.54. The van der Waals surface area contributed by atoms with Crippen molar-refractivity contribution in [3.8, 4) is 0 Å². The largest absolute Gasteiger partial charge is 0.481 e. The minimum absolute atomic E-state index is 0.0182. The van der Waals surface area contributed by atoms with Crippen LogP contribution in [-0.4, -0.2) is 37.1 Å². The zero-order chi connectivity index (χ0) is 14.7. The van der Waals surface area contributed by atoms with Crippen LogP contribution in [0.5, 0.6) is 0 Å². The molecule has 0 bridgehead atoms. The van der Waals surface area contributed by atoms with Crippen LogP contribution < -0.4 is 5.32 Å². The summed E-state index contributed by atoms with van der Waals surface area (Å²) >= 11 is 0. The van der Waals surface area contributed by atoms with Crippen LogP contribution in [0.2, 0.25) is 0 Å². The van der Waals surface area contributed by atoms with Gasteiger partial charge < -0.3 is 15.0 Å². The third-order valence-electron chi connectivity index (χ3n) is 3.06. The van der Waals surface area contributed by atoms with Crippen molar-refractivity contribution in [2.75, 3.05) is 11.9 Å². The number of nitrogens with zero attached hydrogens (tertiary/aromatic N) is 4. The lowest BCUT2D eigenvalue weighted by atomic mass is 10.1. The van der Waals surface area contributed by atoms with E-state index < -0.39 is 5.97 Å². The van der Waals surface area contributed by atoms with E-state index in [1.165, 1.54) is 6.33 Å². The molecule has 0 aliphatic rings. The summed E-state index contributed by atoms with van der Waals surface area (Å²) in [6, 6.07) is 0.272. The highest BCUT2D eigenvalue weighted by Gasteiger charge is 2.13. The molecule has 1 atom stereocenters. The Morgan fingerprint density at radius 2 is 2.10 bits per heavy atom. The molecule has 0 spiro atoms. The highest BCUT2D eigenvalue weighted by molar-refractivity contribution is 5.82. The van der Waals surface area contributed by atoms with E-state index >= 15 is 0 Å². The quantitative estimate of drug-likeness (QED) is 0.838. The van der Waals surface area contributed by atoms with E-state index in [0.717, 1.165) is 5.65 Å². The van der Waals surface area contributed by atoms with Gasteiger partial charge in [-0.25, -0.2) is 15.0 Å². The van der Waals surface area contributed by atoms with Crippen molar-refractivity contribution < 1.29 is 9.90 Å². The fraction of sp³-hybridized carbons (Fsp3) is 0.538. The molecule has 0 aromatic carbocycles. The van der Waals surface area contributed by atoms with Gasteiger partial charge in [0.2, 0.25) is 0 Å². The number of aliphatic carboxylic acids is 1. The van der Waals surface area contributed by atoms with Crippen molar-refractivity contribution in [3.05, 3.63) is 12.7 Å².